The first-order valence-electron chi connectivity index (χ1n) is 6.17. The van der Waals surface area contributed by atoms with Crippen molar-refractivity contribution in [1.29, 1.82) is 0 Å². The maximum Gasteiger partial charge on any atom is 0.244 e. The van der Waals surface area contributed by atoms with Crippen LogP contribution in [0.2, 0.25) is 0 Å². The molecule has 1 aromatic heterocycles. The molecule has 0 aromatic carbocycles. The van der Waals surface area contributed by atoms with Gasteiger partial charge in [0, 0.05) is 12.2 Å². The Morgan fingerprint density at radius 2 is 2.24 bits per heavy atom. The molecule has 94 valence electrons. The van der Waals surface area contributed by atoms with Crippen molar-refractivity contribution in [2.45, 2.75) is 51.1 Å². The molecule has 0 saturated heterocycles. The molecule has 1 heterocycles. The number of nitrogens with zero attached hydrogens (tertiary/aromatic N) is 2. The molecule has 0 bridgehead atoms. The van der Waals surface area contributed by atoms with Gasteiger partial charge in [0.25, 0.3) is 0 Å². The number of amides is 1. The SMILES string of the molecule is CC(C(=O)NC1CCCCC1)n1cc(I)cn1. The molecule has 0 aliphatic heterocycles. The molecular formula is C12H18IN3O. The van der Waals surface area contributed by atoms with Gasteiger partial charge in [-0.25, -0.2) is 0 Å². The van der Waals surface area contributed by atoms with Crippen LogP contribution in [0.3, 0.4) is 0 Å². The van der Waals surface area contributed by atoms with Crippen LogP contribution in [0.5, 0.6) is 0 Å². The van der Waals surface area contributed by atoms with Gasteiger partial charge in [0.15, 0.2) is 0 Å². The second-order valence-electron chi connectivity index (χ2n) is 4.66. The molecule has 4 nitrogen and oxygen atoms in total. The van der Waals surface area contributed by atoms with Crippen molar-refractivity contribution in [3.05, 3.63) is 16.0 Å². The van der Waals surface area contributed by atoms with Crippen LogP contribution in [0.4, 0.5) is 0 Å². The lowest BCUT2D eigenvalue weighted by Gasteiger charge is -2.24. The molecule has 1 saturated carbocycles. The van der Waals surface area contributed by atoms with Crippen LogP contribution in [-0.4, -0.2) is 21.7 Å². The van der Waals surface area contributed by atoms with Gasteiger partial charge in [-0.05, 0) is 42.4 Å². The Hall–Kier alpha value is -0.590. The molecule has 1 unspecified atom stereocenters. The van der Waals surface area contributed by atoms with Crippen LogP contribution in [0, 0.1) is 3.57 Å². The van der Waals surface area contributed by atoms with Gasteiger partial charge >= 0.3 is 0 Å². The second-order valence-corrected chi connectivity index (χ2v) is 5.90. The summed E-state index contributed by atoms with van der Waals surface area (Å²) in [5, 5.41) is 7.30. The first-order chi connectivity index (χ1) is 8.16. The van der Waals surface area contributed by atoms with Crippen LogP contribution in [-0.2, 0) is 4.79 Å². The smallest absolute Gasteiger partial charge is 0.244 e. The zero-order valence-electron chi connectivity index (χ0n) is 10.0. The molecular weight excluding hydrogens is 329 g/mol. The van der Waals surface area contributed by atoms with Crippen molar-refractivity contribution >= 4 is 28.5 Å². The third kappa shape index (κ3) is 3.43. The number of hydrogen-bond donors (Lipinski definition) is 1. The zero-order chi connectivity index (χ0) is 12.3. The van der Waals surface area contributed by atoms with E-state index in [-0.39, 0.29) is 11.9 Å². The summed E-state index contributed by atoms with van der Waals surface area (Å²) in [6, 6.07) is 0.147. The Kier molecular flexibility index (Phi) is 4.42. The van der Waals surface area contributed by atoms with E-state index in [1.807, 2.05) is 13.1 Å². The minimum atomic E-state index is -0.222. The molecule has 1 aliphatic rings. The Morgan fingerprint density at radius 1 is 1.53 bits per heavy atom. The molecule has 2 rings (SSSR count). The Balaban J connectivity index is 1.90. The van der Waals surface area contributed by atoms with E-state index in [2.05, 4.69) is 33.0 Å². The largest absolute Gasteiger partial charge is 0.352 e. The minimum absolute atomic E-state index is 0.0800. The Labute approximate surface area is 115 Å². The molecule has 17 heavy (non-hydrogen) atoms. The van der Waals surface area contributed by atoms with Gasteiger partial charge in [0.1, 0.15) is 6.04 Å². The maximum absolute atomic E-state index is 12.0. The van der Waals surface area contributed by atoms with Crippen LogP contribution in [0.15, 0.2) is 12.4 Å². The Bertz CT molecular complexity index is 385. The van der Waals surface area contributed by atoms with Crippen LogP contribution < -0.4 is 5.32 Å². The van der Waals surface area contributed by atoms with Crippen molar-refractivity contribution in [2.24, 2.45) is 0 Å². The van der Waals surface area contributed by atoms with Crippen molar-refractivity contribution in [2.75, 3.05) is 0 Å². The second kappa shape index (κ2) is 5.84. The van der Waals surface area contributed by atoms with E-state index in [1.165, 1.54) is 19.3 Å². The first-order valence-corrected chi connectivity index (χ1v) is 7.24. The number of carbonyl (C=O) groups excluding carboxylic acids is 1. The van der Waals surface area contributed by atoms with Gasteiger partial charge in [-0.1, -0.05) is 19.3 Å². The fraction of sp³-hybridized carbons (Fsp3) is 0.667. The highest BCUT2D eigenvalue weighted by Crippen LogP contribution is 2.18. The van der Waals surface area contributed by atoms with E-state index in [0.29, 0.717) is 6.04 Å². The van der Waals surface area contributed by atoms with Crippen LogP contribution in [0.25, 0.3) is 0 Å². The fourth-order valence-electron chi connectivity index (χ4n) is 2.22. The number of nitrogens with one attached hydrogen (secondary N) is 1. The number of rotatable bonds is 3. The summed E-state index contributed by atoms with van der Waals surface area (Å²) in [4.78, 5) is 12.0. The van der Waals surface area contributed by atoms with Crippen LogP contribution >= 0.6 is 22.6 Å². The minimum Gasteiger partial charge on any atom is -0.352 e. The molecule has 1 N–H and O–H groups in total. The summed E-state index contributed by atoms with van der Waals surface area (Å²) < 4.78 is 2.78. The van der Waals surface area contributed by atoms with Gasteiger partial charge in [0.2, 0.25) is 5.91 Å². The van der Waals surface area contributed by atoms with Gasteiger partial charge in [-0.2, -0.15) is 5.10 Å². The van der Waals surface area contributed by atoms with Crippen LogP contribution in [0.1, 0.15) is 45.1 Å². The highest BCUT2D eigenvalue weighted by molar-refractivity contribution is 14.1. The normalized spacial score (nSPS) is 18.9. The summed E-state index contributed by atoms with van der Waals surface area (Å²) >= 11 is 2.20. The average molecular weight is 347 g/mol. The van der Waals surface area contributed by atoms with E-state index in [4.69, 9.17) is 0 Å². The number of halogens is 1. The van der Waals surface area contributed by atoms with E-state index in [9.17, 15) is 4.79 Å². The number of carbonyl (C=O) groups is 1. The highest BCUT2D eigenvalue weighted by Gasteiger charge is 2.20. The maximum atomic E-state index is 12.0. The first kappa shape index (κ1) is 12.9. The third-order valence-electron chi connectivity index (χ3n) is 3.30. The van der Waals surface area contributed by atoms with Gasteiger partial charge in [0.05, 0.1) is 9.77 Å². The molecule has 1 atom stereocenters. The van der Waals surface area contributed by atoms with E-state index < -0.39 is 0 Å². The molecule has 1 fully saturated rings. The summed E-state index contributed by atoms with van der Waals surface area (Å²) in [6.45, 7) is 1.89. The van der Waals surface area contributed by atoms with E-state index in [0.717, 1.165) is 16.4 Å². The lowest BCUT2D eigenvalue weighted by atomic mass is 9.95. The highest BCUT2D eigenvalue weighted by atomic mass is 127. The zero-order valence-corrected chi connectivity index (χ0v) is 12.2. The predicted molar refractivity (Wildman–Crippen MR) is 74.7 cm³/mol. The van der Waals surface area contributed by atoms with Crippen molar-refractivity contribution in [1.82, 2.24) is 15.1 Å². The monoisotopic (exact) mass is 347 g/mol. The van der Waals surface area contributed by atoms with E-state index in [1.54, 1.807) is 10.9 Å². The average Bonchev–Trinajstić information content (AvgIpc) is 2.76. The topological polar surface area (TPSA) is 46.9 Å². The molecule has 1 aliphatic carbocycles. The molecule has 0 radical (unpaired) electrons. The summed E-state index contributed by atoms with van der Waals surface area (Å²) in [6.07, 6.45) is 9.68. The standard InChI is InChI=1S/C12H18IN3O/c1-9(16-8-10(13)7-14-16)12(17)15-11-5-3-2-4-6-11/h7-9,11H,2-6H2,1H3,(H,15,17). The molecule has 0 spiro atoms. The summed E-state index contributed by atoms with van der Waals surface area (Å²) in [5.41, 5.74) is 0. The van der Waals surface area contributed by atoms with Gasteiger partial charge in [-0.3, -0.25) is 9.48 Å². The quantitative estimate of drug-likeness (QED) is 0.854. The summed E-state index contributed by atoms with van der Waals surface area (Å²) in [5.74, 6) is 0.0800. The van der Waals surface area contributed by atoms with E-state index >= 15 is 0 Å². The van der Waals surface area contributed by atoms with Crippen molar-refractivity contribution in [3.63, 3.8) is 0 Å². The molecule has 1 aromatic rings. The lowest BCUT2D eigenvalue weighted by Crippen LogP contribution is -2.40. The van der Waals surface area contributed by atoms with Crippen molar-refractivity contribution < 1.29 is 4.79 Å². The van der Waals surface area contributed by atoms with Crippen molar-refractivity contribution in [3.8, 4) is 0 Å². The van der Waals surface area contributed by atoms with Gasteiger partial charge < -0.3 is 5.32 Å². The predicted octanol–water partition coefficient (Wildman–Crippen LogP) is 2.50. The third-order valence-corrected chi connectivity index (χ3v) is 3.85. The molecule has 5 heteroatoms. The lowest BCUT2D eigenvalue weighted by molar-refractivity contribution is -0.125. The molecule has 1 amide bonds. The fourth-order valence-corrected chi connectivity index (χ4v) is 2.63. The van der Waals surface area contributed by atoms with Gasteiger partial charge in [-0.15, -0.1) is 0 Å². The Morgan fingerprint density at radius 3 is 2.82 bits per heavy atom. The number of aromatic nitrogens is 2. The summed E-state index contributed by atoms with van der Waals surface area (Å²) in [7, 11) is 0. The number of hydrogen-bond acceptors (Lipinski definition) is 2.